The van der Waals surface area contributed by atoms with Crippen molar-refractivity contribution in [2.75, 3.05) is 13.1 Å². The Morgan fingerprint density at radius 3 is 1.52 bits per heavy atom. The molecule has 12 amide bonds. The quantitative estimate of drug-likeness (QED) is 0.0724. The van der Waals surface area contributed by atoms with E-state index in [2.05, 4.69) is 47.9 Å². The fourth-order valence-electron chi connectivity index (χ4n) is 10.0. The van der Waals surface area contributed by atoms with E-state index in [4.69, 9.17) is 17.2 Å². The van der Waals surface area contributed by atoms with Gasteiger partial charge in [0.25, 0.3) is 0 Å². The lowest BCUT2D eigenvalue weighted by atomic mass is 9.99. The molecule has 26 heteroatoms. The number of nitrogens with two attached hydrogens (primary N) is 3. The van der Waals surface area contributed by atoms with Gasteiger partial charge in [0.05, 0.1) is 6.42 Å². The highest BCUT2D eigenvalue weighted by atomic mass is 16.3. The zero-order valence-electron chi connectivity index (χ0n) is 49.2. The topological polar surface area (TPSA) is 415 Å². The Morgan fingerprint density at radius 1 is 0.523 bits per heavy atom. The maximum Gasteiger partial charge on any atom is 0.246 e. The number of carbonyl (C=O) groups is 12. The molecule has 2 saturated heterocycles. The van der Waals surface area contributed by atoms with Gasteiger partial charge in [0.15, 0.2) is 0 Å². The summed E-state index contributed by atoms with van der Waals surface area (Å²) in [6, 6.07) is 8.67. The van der Waals surface area contributed by atoms with Crippen LogP contribution in [0.5, 0.6) is 5.75 Å². The Labute approximate surface area is 499 Å². The zero-order valence-corrected chi connectivity index (χ0v) is 49.2. The van der Waals surface area contributed by atoms with Crippen LogP contribution in [0.15, 0.2) is 84.9 Å². The van der Waals surface area contributed by atoms with Crippen LogP contribution in [-0.4, -0.2) is 154 Å². The molecule has 0 bridgehead atoms. The number of fused-ring (bicyclic) bond motifs is 1. The molecule has 10 atom stereocenters. The number of nitrogens with zero attached hydrogens (tertiary/aromatic N) is 1. The van der Waals surface area contributed by atoms with Crippen molar-refractivity contribution < 1.29 is 62.6 Å². The van der Waals surface area contributed by atoms with Crippen LogP contribution in [-0.2, 0) is 76.8 Å². The van der Waals surface area contributed by atoms with E-state index in [1.807, 2.05) is 13.8 Å². The molecule has 466 valence electrons. The molecule has 5 rings (SSSR count). The predicted molar refractivity (Wildman–Crippen MR) is 315 cm³/mol. The Balaban J connectivity index is 1.60. The summed E-state index contributed by atoms with van der Waals surface area (Å²) < 4.78 is 0. The summed E-state index contributed by atoms with van der Waals surface area (Å²) in [7, 11) is 0. The third-order valence-corrected chi connectivity index (χ3v) is 14.7. The lowest BCUT2D eigenvalue weighted by Gasteiger charge is -2.31. The maximum absolute atomic E-state index is 15.0. The minimum absolute atomic E-state index is 0.0226. The number of hydrogen-bond acceptors (Lipinski definition) is 14. The SMILES string of the molecule is CC(C)C[C@@H]1NC(=O)[C@H](CCCN)NC(=O)[C@H](C(C)C)NC(=O)[C@H](Cc2ccc(O)cc2)NC(=O)[C@H](CCC(N)=O)NC(=O)[C@H](CC(N)=O)NC(=O)[C@@H](C)NC(=O)[C@H](Cc2ccccc2)NC(=O)[C@@H]2CCCN2C(=O)[C@@H](Cc2ccccc2)NC1=O. The first-order valence-electron chi connectivity index (χ1n) is 29.0. The summed E-state index contributed by atoms with van der Waals surface area (Å²) in [5, 5.41) is 33.8. The van der Waals surface area contributed by atoms with E-state index in [0.717, 1.165) is 0 Å². The van der Waals surface area contributed by atoms with Crippen molar-refractivity contribution in [2.24, 2.45) is 29.0 Å². The Morgan fingerprint density at radius 2 is 0.977 bits per heavy atom. The molecule has 0 aliphatic carbocycles. The van der Waals surface area contributed by atoms with Crippen molar-refractivity contribution in [2.45, 2.75) is 166 Å². The zero-order chi connectivity index (χ0) is 63.2. The van der Waals surface area contributed by atoms with Gasteiger partial charge < -0.3 is 75.1 Å². The van der Waals surface area contributed by atoms with Crippen molar-refractivity contribution in [1.29, 1.82) is 0 Å². The van der Waals surface area contributed by atoms with Gasteiger partial charge in [0, 0.05) is 32.2 Å². The number of nitrogens with one attached hydrogen (secondary N) is 9. The van der Waals surface area contributed by atoms with Gasteiger partial charge in [-0.1, -0.05) is 100 Å². The minimum atomic E-state index is -1.80. The molecule has 16 N–H and O–H groups in total. The van der Waals surface area contributed by atoms with Gasteiger partial charge in [0.1, 0.15) is 66.2 Å². The number of rotatable bonds is 17. The molecular formula is C60H83N13O13. The first kappa shape index (κ1) is 67.8. The van der Waals surface area contributed by atoms with Crippen LogP contribution in [0.4, 0.5) is 0 Å². The number of phenols is 1. The van der Waals surface area contributed by atoms with Crippen LogP contribution < -0.4 is 65.1 Å². The molecule has 0 radical (unpaired) electrons. The highest BCUT2D eigenvalue weighted by Crippen LogP contribution is 2.22. The molecule has 2 aliphatic heterocycles. The van der Waals surface area contributed by atoms with E-state index in [0.29, 0.717) is 23.1 Å². The summed E-state index contributed by atoms with van der Waals surface area (Å²) in [5.41, 5.74) is 18.6. The normalized spacial score (nSPS) is 24.8. The average Bonchev–Trinajstić information content (AvgIpc) is 3.46. The molecular weight excluding hydrogens is 1110 g/mol. The third kappa shape index (κ3) is 21.0. The van der Waals surface area contributed by atoms with Crippen LogP contribution in [0.2, 0.25) is 0 Å². The second kappa shape index (κ2) is 32.9. The number of phenolic OH excluding ortho intramolecular Hbond substituents is 1. The largest absolute Gasteiger partial charge is 0.508 e. The highest BCUT2D eigenvalue weighted by molar-refractivity contribution is 6.00. The number of carbonyl (C=O) groups excluding carboxylic acids is 12. The second-order valence-corrected chi connectivity index (χ2v) is 22.6. The maximum atomic E-state index is 15.0. The second-order valence-electron chi connectivity index (χ2n) is 22.6. The van der Waals surface area contributed by atoms with Gasteiger partial charge in [-0.25, -0.2) is 0 Å². The van der Waals surface area contributed by atoms with Gasteiger partial charge >= 0.3 is 0 Å². The van der Waals surface area contributed by atoms with E-state index in [1.165, 1.54) is 36.1 Å². The van der Waals surface area contributed by atoms with Crippen molar-refractivity contribution >= 4 is 70.9 Å². The summed E-state index contributed by atoms with van der Waals surface area (Å²) in [4.78, 5) is 170. The molecule has 2 aliphatic rings. The van der Waals surface area contributed by atoms with Crippen LogP contribution in [0.1, 0.15) is 103 Å². The number of aromatic hydroxyl groups is 1. The molecule has 0 unspecified atom stereocenters. The molecule has 0 spiro atoms. The highest BCUT2D eigenvalue weighted by Gasteiger charge is 2.41. The van der Waals surface area contributed by atoms with Crippen molar-refractivity contribution in [3.8, 4) is 5.75 Å². The standard InChI is InChI=1S/C60H83N13O13/c1-33(2)28-42-55(81)71-46(31-37-16-10-7-11-17-37)60(86)73-27-13-19-47(73)58(84)70-43(29-36-14-8-6-9-15-36)54(80)64-35(5)51(77)67-45(32-49(63)76)56(82)65-41(24-25-48(62)75)53(79)69-44(30-38-20-22-39(74)23-21-38)57(83)72-50(34(3)4)59(85)66-40(18-12-26-61)52(78)68-42/h6-11,14-17,20-23,33-35,40-47,50,74H,12-13,18-19,24-32,61H2,1-5H3,(H2,62,75)(H2,63,76)(H,64,80)(H,65,82)(H,66,85)(H,67,77)(H,68,78)(H,69,79)(H,70,84)(H,71,81)(H,72,83)/t35-,40+,41+,42+,43+,44+,45+,46-,47+,50+/m1/s1. The van der Waals surface area contributed by atoms with Gasteiger partial charge in [-0.15, -0.1) is 0 Å². The fourth-order valence-corrected chi connectivity index (χ4v) is 10.0. The van der Waals surface area contributed by atoms with Crippen LogP contribution in [0, 0.1) is 11.8 Å². The summed E-state index contributed by atoms with van der Waals surface area (Å²) >= 11 is 0. The van der Waals surface area contributed by atoms with Crippen molar-refractivity contribution in [1.82, 2.24) is 52.8 Å². The molecule has 2 fully saturated rings. The molecule has 26 nitrogen and oxygen atoms in total. The Hall–Kier alpha value is -8.94. The lowest BCUT2D eigenvalue weighted by molar-refractivity contribution is -0.142. The minimum Gasteiger partial charge on any atom is -0.508 e. The van der Waals surface area contributed by atoms with Crippen molar-refractivity contribution in [3.05, 3.63) is 102 Å². The van der Waals surface area contributed by atoms with E-state index in [9.17, 15) is 62.6 Å². The lowest BCUT2D eigenvalue weighted by Crippen LogP contribution is -2.62. The molecule has 0 aromatic heterocycles. The van der Waals surface area contributed by atoms with Gasteiger partial charge in [0.2, 0.25) is 70.9 Å². The number of benzene rings is 3. The average molecular weight is 1190 g/mol. The molecule has 2 heterocycles. The van der Waals surface area contributed by atoms with E-state index in [1.54, 1.807) is 74.5 Å². The summed E-state index contributed by atoms with van der Waals surface area (Å²) in [5.74, 6) is -11.7. The molecule has 3 aromatic rings. The van der Waals surface area contributed by atoms with Gasteiger partial charge in [-0.3, -0.25) is 57.5 Å². The number of hydrogen-bond donors (Lipinski definition) is 13. The number of amides is 12. The van der Waals surface area contributed by atoms with Gasteiger partial charge in [-0.05, 0) is 92.7 Å². The first-order valence-corrected chi connectivity index (χ1v) is 29.0. The Bertz CT molecular complexity index is 2880. The van der Waals surface area contributed by atoms with E-state index < -0.39 is 156 Å². The van der Waals surface area contributed by atoms with Crippen molar-refractivity contribution in [3.63, 3.8) is 0 Å². The molecule has 3 aromatic carbocycles. The van der Waals surface area contributed by atoms with E-state index >= 15 is 0 Å². The molecule has 86 heavy (non-hydrogen) atoms. The Kier molecular flexibility index (Phi) is 26.0. The fraction of sp³-hybridized carbons (Fsp3) is 0.500. The third-order valence-electron chi connectivity index (χ3n) is 14.7. The van der Waals surface area contributed by atoms with Crippen LogP contribution in [0.3, 0.4) is 0 Å². The summed E-state index contributed by atoms with van der Waals surface area (Å²) in [6.07, 6.45) is -1.42. The molecule has 0 saturated carbocycles. The van der Waals surface area contributed by atoms with Gasteiger partial charge in [-0.2, -0.15) is 0 Å². The monoisotopic (exact) mass is 1190 g/mol. The van der Waals surface area contributed by atoms with Crippen LogP contribution >= 0.6 is 0 Å². The first-order chi connectivity index (χ1) is 40.8. The van der Waals surface area contributed by atoms with E-state index in [-0.39, 0.29) is 69.7 Å². The predicted octanol–water partition coefficient (Wildman–Crippen LogP) is -1.61. The smallest absolute Gasteiger partial charge is 0.246 e. The summed E-state index contributed by atoms with van der Waals surface area (Å²) in [6.45, 7) is 8.32. The number of primary amides is 2. The van der Waals surface area contributed by atoms with Crippen LogP contribution in [0.25, 0.3) is 0 Å².